The van der Waals surface area contributed by atoms with Gasteiger partial charge in [-0.25, -0.2) is 13.1 Å². The van der Waals surface area contributed by atoms with E-state index in [4.69, 9.17) is 0 Å². The molecule has 3 rings (SSSR count). The lowest BCUT2D eigenvalue weighted by Gasteiger charge is -2.06. The summed E-state index contributed by atoms with van der Waals surface area (Å²) in [5, 5.41) is 0.963. The lowest BCUT2D eigenvalue weighted by Crippen LogP contribution is -2.31. The van der Waals surface area contributed by atoms with Crippen molar-refractivity contribution >= 4 is 26.8 Å². The summed E-state index contributed by atoms with van der Waals surface area (Å²) >= 11 is 0. The summed E-state index contributed by atoms with van der Waals surface area (Å²) in [4.78, 5) is 12.3. The van der Waals surface area contributed by atoms with Crippen LogP contribution in [0.25, 0.3) is 10.9 Å². The van der Waals surface area contributed by atoms with E-state index in [1.54, 1.807) is 18.2 Å². The SMILES string of the molecule is Cc1cccc2c(CC(=O)NS(=O)(=O)c3ccccc3)cn(C)c12. The Bertz CT molecular complexity index is 1010. The highest BCUT2D eigenvalue weighted by Crippen LogP contribution is 2.24. The molecule has 2 aromatic carbocycles. The molecule has 1 amide bonds. The number of carbonyl (C=O) groups excluding carboxylic acids is 1. The van der Waals surface area contributed by atoms with E-state index in [0.29, 0.717) is 0 Å². The van der Waals surface area contributed by atoms with Crippen LogP contribution in [0, 0.1) is 6.92 Å². The number of sulfonamides is 1. The Morgan fingerprint density at radius 2 is 1.79 bits per heavy atom. The molecule has 124 valence electrons. The standard InChI is InChI=1S/C18H18N2O3S/c1-13-7-6-10-16-14(12-20(2)18(13)16)11-17(21)19-24(22,23)15-8-4-3-5-9-15/h3-10,12H,11H2,1-2H3,(H,19,21). The maximum Gasteiger partial charge on any atom is 0.264 e. The molecule has 0 aliphatic rings. The first kappa shape index (κ1) is 16.3. The first-order valence-corrected chi connectivity index (χ1v) is 9.01. The summed E-state index contributed by atoms with van der Waals surface area (Å²) in [7, 11) is -1.93. The van der Waals surface area contributed by atoms with Gasteiger partial charge in [-0.2, -0.15) is 0 Å². The molecule has 1 aromatic heterocycles. The summed E-state index contributed by atoms with van der Waals surface area (Å²) in [6.45, 7) is 2.01. The van der Waals surface area contributed by atoms with E-state index in [1.165, 1.54) is 12.1 Å². The van der Waals surface area contributed by atoms with E-state index < -0.39 is 15.9 Å². The first-order valence-electron chi connectivity index (χ1n) is 7.53. The highest BCUT2D eigenvalue weighted by atomic mass is 32.2. The van der Waals surface area contributed by atoms with Gasteiger partial charge in [0.2, 0.25) is 5.91 Å². The van der Waals surface area contributed by atoms with E-state index in [2.05, 4.69) is 4.72 Å². The largest absolute Gasteiger partial charge is 0.350 e. The topological polar surface area (TPSA) is 68.2 Å². The zero-order valence-electron chi connectivity index (χ0n) is 13.5. The van der Waals surface area contributed by atoms with Crippen molar-refractivity contribution in [3.63, 3.8) is 0 Å². The molecule has 0 saturated heterocycles. The molecule has 3 aromatic rings. The quantitative estimate of drug-likeness (QED) is 0.792. The van der Waals surface area contributed by atoms with Crippen molar-refractivity contribution in [3.8, 4) is 0 Å². The van der Waals surface area contributed by atoms with Crippen LogP contribution < -0.4 is 4.72 Å². The van der Waals surface area contributed by atoms with E-state index >= 15 is 0 Å². The zero-order chi connectivity index (χ0) is 17.3. The number of rotatable bonds is 4. The van der Waals surface area contributed by atoms with Crippen LogP contribution in [0.4, 0.5) is 0 Å². The van der Waals surface area contributed by atoms with Gasteiger partial charge in [-0.1, -0.05) is 36.4 Å². The number of carbonyl (C=O) groups is 1. The number of hydrogen-bond donors (Lipinski definition) is 1. The number of para-hydroxylation sites is 1. The number of nitrogens with one attached hydrogen (secondary N) is 1. The van der Waals surface area contributed by atoms with Gasteiger partial charge in [0.25, 0.3) is 10.0 Å². The molecule has 0 atom stereocenters. The molecule has 6 heteroatoms. The third-order valence-electron chi connectivity index (χ3n) is 3.94. The number of hydrogen-bond acceptors (Lipinski definition) is 3. The average Bonchev–Trinajstić information content (AvgIpc) is 2.85. The minimum atomic E-state index is -3.84. The third-order valence-corrected chi connectivity index (χ3v) is 5.33. The molecule has 1 N–H and O–H groups in total. The summed E-state index contributed by atoms with van der Waals surface area (Å²) in [5.74, 6) is -0.548. The van der Waals surface area contributed by atoms with Crippen molar-refractivity contribution in [1.29, 1.82) is 0 Å². The van der Waals surface area contributed by atoms with Crippen molar-refractivity contribution in [2.45, 2.75) is 18.2 Å². The van der Waals surface area contributed by atoms with Gasteiger partial charge in [0.1, 0.15) is 0 Å². The van der Waals surface area contributed by atoms with Crippen LogP contribution in [0.5, 0.6) is 0 Å². The highest BCUT2D eigenvalue weighted by Gasteiger charge is 2.19. The molecule has 0 fully saturated rings. The number of aryl methyl sites for hydroxylation is 2. The normalized spacial score (nSPS) is 11.6. The smallest absolute Gasteiger partial charge is 0.264 e. The fraction of sp³-hybridized carbons (Fsp3) is 0.167. The van der Waals surface area contributed by atoms with Gasteiger partial charge in [0, 0.05) is 18.6 Å². The van der Waals surface area contributed by atoms with Crippen LogP contribution in [0.3, 0.4) is 0 Å². The Morgan fingerprint density at radius 3 is 2.50 bits per heavy atom. The second kappa shape index (κ2) is 6.13. The van der Waals surface area contributed by atoms with Crippen LogP contribution in [0.1, 0.15) is 11.1 Å². The van der Waals surface area contributed by atoms with Crippen molar-refractivity contribution < 1.29 is 13.2 Å². The van der Waals surface area contributed by atoms with Crippen molar-refractivity contribution in [3.05, 3.63) is 65.9 Å². The molecule has 0 saturated carbocycles. The minimum absolute atomic E-state index is 0.00680. The number of aromatic nitrogens is 1. The van der Waals surface area contributed by atoms with Crippen LogP contribution in [0.15, 0.2) is 59.6 Å². The molecule has 5 nitrogen and oxygen atoms in total. The summed E-state index contributed by atoms with van der Waals surface area (Å²) in [5.41, 5.74) is 2.96. The Balaban J connectivity index is 1.85. The molecule has 0 aliphatic carbocycles. The van der Waals surface area contributed by atoms with Gasteiger partial charge in [-0.15, -0.1) is 0 Å². The predicted octanol–water partition coefficient (Wildman–Crippen LogP) is 2.53. The van der Waals surface area contributed by atoms with E-state index in [9.17, 15) is 13.2 Å². The zero-order valence-corrected chi connectivity index (χ0v) is 14.3. The van der Waals surface area contributed by atoms with Crippen molar-refractivity contribution in [2.24, 2.45) is 7.05 Å². The predicted molar refractivity (Wildman–Crippen MR) is 93.1 cm³/mol. The number of nitrogens with zero attached hydrogens (tertiary/aromatic N) is 1. The summed E-state index contributed by atoms with van der Waals surface area (Å²) < 4.78 is 28.5. The maximum absolute atomic E-state index is 12.2. The molecule has 1 heterocycles. The number of fused-ring (bicyclic) bond motifs is 1. The maximum atomic E-state index is 12.2. The van der Waals surface area contributed by atoms with Crippen LogP contribution in [-0.2, 0) is 28.3 Å². The Labute approximate surface area is 141 Å². The Kier molecular flexibility index (Phi) is 4.15. The average molecular weight is 342 g/mol. The molecular weight excluding hydrogens is 324 g/mol. The van der Waals surface area contributed by atoms with Crippen LogP contribution in [0.2, 0.25) is 0 Å². The molecule has 0 radical (unpaired) electrons. The molecule has 24 heavy (non-hydrogen) atoms. The molecule has 0 spiro atoms. The van der Waals surface area contributed by atoms with Gasteiger partial charge in [-0.3, -0.25) is 4.79 Å². The van der Waals surface area contributed by atoms with Gasteiger partial charge in [-0.05, 0) is 30.2 Å². The van der Waals surface area contributed by atoms with E-state index in [0.717, 1.165) is 22.0 Å². The molecular formula is C18H18N2O3S. The molecule has 0 unspecified atom stereocenters. The minimum Gasteiger partial charge on any atom is -0.350 e. The molecule has 0 aliphatic heterocycles. The Hall–Kier alpha value is -2.60. The van der Waals surface area contributed by atoms with E-state index in [-0.39, 0.29) is 11.3 Å². The van der Waals surface area contributed by atoms with Crippen molar-refractivity contribution in [2.75, 3.05) is 0 Å². The second-order valence-electron chi connectivity index (χ2n) is 5.75. The van der Waals surface area contributed by atoms with Crippen molar-refractivity contribution in [1.82, 2.24) is 9.29 Å². The monoisotopic (exact) mass is 342 g/mol. The summed E-state index contributed by atoms with van der Waals surface area (Å²) in [6.07, 6.45) is 1.87. The van der Waals surface area contributed by atoms with Crippen LogP contribution in [-0.4, -0.2) is 18.9 Å². The third kappa shape index (κ3) is 3.05. The van der Waals surface area contributed by atoms with Gasteiger partial charge in [0.05, 0.1) is 16.8 Å². The van der Waals surface area contributed by atoms with Gasteiger partial charge < -0.3 is 4.57 Å². The number of amides is 1. The van der Waals surface area contributed by atoms with Gasteiger partial charge >= 0.3 is 0 Å². The van der Waals surface area contributed by atoms with Crippen LogP contribution >= 0.6 is 0 Å². The molecule has 0 bridgehead atoms. The first-order chi connectivity index (χ1) is 11.4. The fourth-order valence-electron chi connectivity index (χ4n) is 2.91. The summed E-state index contributed by atoms with van der Waals surface area (Å²) in [6, 6.07) is 13.7. The number of benzene rings is 2. The fourth-order valence-corrected chi connectivity index (χ4v) is 3.92. The van der Waals surface area contributed by atoms with E-state index in [1.807, 2.05) is 42.9 Å². The Morgan fingerprint density at radius 1 is 1.08 bits per heavy atom. The lowest BCUT2D eigenvalue weighted by molar-refractivity contribution is -0.118. The van der Waals surface area contributed by atoms with Gasteiger partial charge in [0.15, 0.2) is 0 Å². The second-order valence-corrected chi connectivity index (χ2v) is 7.44. The highest BCUT2D eigenvalue weighted by molar-refractivity contribution is 7.90. The lowest BCUT2D eigenvalue weighted by atomic mass is 10.1.